The number of nitrogens with zero attached hydrogens (tertiary/aromatic N) is 3. The van der Waals surface area contributed by atoms with Gasteiger partial charge in [0.1, 0.15) is 16.6 Å². The summed E-state index contributed by atoms with van der Waals surface area (Å²) < 4.78 is 10.6. The molecule has 0 unspecified atom stereocenters. The molecule has 2 heterocycles. The monoisotopic (exact) mass is 392 g/mol. The second-order valence-corrected chi connectivity index (χ2v) is 6.59. The second kappa shape index (κ2) is 7.38. The van der Waals surface area contributed by atoms with Gasteiger partial charge in [-0.2, -0.15) is 5.26 Å². The van der Waals surface area contributed by atoms with Crippen LogP contribution >= 0.6 is 11.3 Å². The summed E-state index contributed by atoms with van der Waals surface area (Å²) in [5.74, 6) is 1.32. The van der Waals surface area contributed by atoms with Crippen LogP contribution in [0.15, 0.2) is 54.0 Å². The van der Waals surface area contributed by atoms with Crippen LogP contribution in [0.3, 0.4) is 0 Å². The molecule has 3 aromatic rings. The molecule has 0 amide bonds. The van der Waals surface area contributed by atoms with Crippen molar-refractivity contribution in [2.24, 2.45) is 0 Å². The maximum absolute atomic E-state index is 10.9. The molecule has 4 rings (SSSR count). The van der Waals surface area contributed by atoms with E-state index in [4.69, 9.17) is 9.47 Å². The van der Waals surface area contributed by atoms with E-state index >= 15 is 0 Å². The predicted octanol–water partition coefficient (Wildman–Crippen LogP) is 4.42. The van der Waals surface area contributed by atoms with Crippen molar-refractivity contribution in [3.63, 3.8) is 0 Å². The molecule has 0 radical (unpaired) electrons. The highest BCUT2D eigenvalue weighted by Crippen LogP contribution is 2.34. The lowest BCUT2D eigenvalue weighted by atomic mass is 10.1. The van der Waals surface area contributed by atoms with Crippen LogP contribution in [-0.2, 0) is 0 Å². The van der Waals surface area contributed by atoms with Crippen LogP contribution in [0.25, 0.3) is 16.8 Å². The zero-order chi connectivity index (χ0) is 19.5. The first-order valence-corrected chi connectivity index (χ1v) is 8.99. The topological polar surface area (TPSA) is 110 Å². The van der Waals surface area contributed by atoms with E-state index in [-0.39, 0.29) is 12.5 Å². The number of ether oxygens (including phenoxy) is 2. The number of anilines is 1. The van der Waals surface area contributed by atoms with Crippen LogP contribution in [0.4, 0.5) is 11.4 Å². The molecule has 0 fully saturated rings. The quantitative estimate of drug-likeness (QED) is 0.389. The fraction of sp³-hybridized carbons (Fsp3) is 0.0526. The maximum atomic E-state index is 10.9. The molecule has 1 aliphatic rings. The minimum Gasteiger partial charge on any atom is -0.454 e. The normalized spacial score (nSPS) is 12.5. The van der Waals surface area contributed by atoms with Crippen LogP contribution in [0.5, 0.6) is 11.5 Å². The number of allylic oxidation sites excluding steroid dienone is 1. The Labute approximate surface area is 163 Å². The summed E-state index contributed by atoms with van der Waals surface area (Å²) >= 11 is 1.29. The first kappa shape index (κ1) is 17.5. The Morgan fingerprint density at radius 3 is 2.96 bits per heavy atom. The van der Waals surface area contributed by atoms with E-state index in [1.165, 1.54) is 23.5 Å². The summed E-state index contributed by atoms with van der Waals surface area (Å²) in [4.78, 5) is 14.9. The number of nitrogens with one attached hydrogen (secondary N) is 1. The standard InChI is InChI=1S/C19H12N4O4S/c20-8-13(9-21-14-4-5-17-18(7-14)27-11-26-17)19-22-16(10-28-19)12-2-1-3-15(6-12)23(24)25/h1-7,9-10,21H,11H2. The van der Waals surface area contributed by atoms with E-state index in [0.717, 1.165) is 5.69 Å². The summed E-state index contributed by atoms with van der Waals surface area (Å²) in [6.07, 6.45) is 1.56. The Kier molecular flexibility index (Phi) is 4.62. The molecule has 0 spiro atoms. The van der Waals surface area contributed by atoms with Crippen molar-refractivity contribution in [3.8, 4) is 28.8 Å². The Hall–Kier alpha value is -3.90. The first-order chi connectivity index (χ1) is 13.6. The van der Waals surface area contributed by atoms with Crippen molar-refractivity contribution in [2.45, 2.75) is 0 Å². The van der Waals surface area contributed by atoms with Gasteiger partial charge in [0.2, 0.25) is 6.79 Å². The lowest BCUT2D eigenvalue weighted by Crippen LogP contribution is -1.93. The number of hydrogen-bond donors (Lipinski definition) is 1. The van der Waals surface area contributed by atoms with Crippen LogP contribution in [0.2, 0.25) is 0 Å². The third-order valence-electron chi connectivity index (χ3n) is 3.96. The summed E-state index contributed by atoms with van der Waals surface area (Å²) in [6, 6.07) is 13.7. The third kappa shape index (κ3) is 3.49. The zero-order valence-electron chi connectivity index (χ0n) is 14.3. The molecule has 0 saturated heterocycles. The number of non-ortho nitro benzene ring substituents is 1. The minimum atomic E-state index is -0.452. The van der Waals surface area contributed by atoms with Crippen molar-refractivity contribution in [2.75, 3.05) is 12.1 Å². The number of hydrogen-bond acceptors (Lipinski definition) is 8. The van der Waals surface area contributed by atoms with Crippen molar-refractivity contribution >= 4 is 28.3 Å². The predicted molar refractivity (Wildman–Crippen MR) is 104 cm³/mol. The molecule has 9 heteroatoms. The number of thiazole rings is 1. The van der Waals surface area contributed by atoms with Crippen molar-refractivity contribution < 1.29 is 14.4 Å². The van der Waals surface area contributed by atoms with E-state index in [0.29, 0.717) is 33.3 Å². The highest BCUT2D eigenvalue weighted by atomic mass is 32.1. The van der Waals surface area contributed by atoms with Gasteiger partial charge in [-0.3, -0.25) is 10.1 Å². The van der Waals surface area contributed by atoms with Crippen molar-refractivity contribution in [1.82, 2.24) is 4.98 Å². The van der Waals surface area contributed by atoms with Gasteiger partial charge in [0.15, 0.2) is 11.5 Å². The van der Waals surface area contributed by atoms with Gasteiger partial charge in [0.05, 0.1) is 10.6 Å². The molecule has 1 N–H and O–H groups in total. The van der Waals surface area contributed by atoms with E-state index < -0.39 is 4.92 Å². The number of nitriles is 1. The summed E-state index contributed by atoms with van der Waals surface area (Å²) in [6.45, 7) is 0.192. The Bertz CT molecular complexity index is 1130. The van der Waals surface area contributed by atoms with Gasteiger partial charge in [0.25, 0.3) is 5.69 Å². The first-order valence-electron chi connectivity index (χ1n) is 8.11. The molecular weight excluding hydrogens is 380 g/mol. The fourth-order valence-electron chi connectivity index (χ4n) is 2.59. The third-order valence-corrected chi connectivity index (χ3v) is 4.84. The molecule has 0 atom stereocenters. The summed E-state index contributed by atoms with van der Waals surface area (Å²) in [5, 5.41) is 25.8. The second-order valence-electron chi connectivity index (χ2n) is 5.73. The molecule has 0 aliphatic carbocycles. The maximum Gasteiger partial charge on any atom is 0.270 e. The SMILES string of the molecule is N#CC(=CNc1ccc2c(c1)OCO2)c1nc(-c2cccc([N+](=O)[O-])c2)cs1. The van der Waals surface area contributed by atoms with Gasteiger partial charge in [-0.15, -0.1) is 11.3 Å². The number of rotatable bonds is 5. The van der Waals surface area contributed by atoms with Gasteiger partial charge in [-0.05, 0) is 12.1 Å². The molecule has 8 nitrogen and oxygen atoms in total. The number of benzene rings is 2. The van der Waals surface area contributed by atoms with Crippen molar-refractivity contribution in [1.29, 1.82) is 5.26 Å². The highest BCUT2D eigenvalue weighted by molar-refractivity contribution is 7.11. The zero-order valence-corrected chi connectivity index (χ0v) is 15.1. The van der Waals surface area contributed by atoms with Crippen LogP contribution in [0, 0.1) is 21.4 Å². The molecule has 1 aliphatic heterocycles. The molecule has 0 bridgehead atoms. The van der Waals surface area contributed by atoms with Gasteiger partial charge in [-0.25, -0.2) is 4.98 Å². The van der Waals surface area contributed by atoms with Crippen molar-refractivity contribution in [3.05, 3.63) is 69.2 Å². The van der Waals surface area contributed by atoms with E-state index in [9.17, 15) is 15.4 Å². The average molecular weight is 392 g/mol. The van der Waals surface area contributed by atoms with Crippen LogP contribution < -0.4 is 14.8 Å². The highest BCUT2D eigenvalue weighted by Gasteiger charge is 2.14. The Morgan fingerprint density at radius 2 is 2.14 bits per heavy atom. The van der Waals surface area contributed by atoms with Gasteiger partial charge < -0.3 is 14.8 Å². The average Bonchev–Trinajstić information content (AvgIpc) is 3.38. The van der Waals surface area contributed by atoms with Gasteiger partial charge in [-0.1, -0.05) is 12.1 Å². The van der Waals surface area contributed by atoms with Crippen LogP contribution in [-0.4, -0.2) is 16.7 Å². The van der Waals surface area contributed by atoms with E-state index in [1.54, 1.807) is 35.8 Å². The largest absolute Gasteiger partial charge is 0.454 e. The Balaban J connectivity index is 1.56. The fourth-order valence-corrected chi connectivity index (χ4v) is 3.39. The van der Waals surface area contributed by atoms with Gasteiger partial charge in [0, 0.05) is 41.0 Å². The molecule has 28 heavy (non-hydrogen) atoms. The summed E-state index contributed by atoms with van der Waals surface area (Å²) in [7, 11) is 0. The summed E-state index contributed by atoms with van der Waals surface area (Å²) in [5.41, 5.74) is 2.28. The molecule has 1 aromatic heterocycles. The lowest BCUT2D eigenvalue weighted by Gasteiger charge is -2.03. The number of nitro groups is 1. The molecule has 0 saturated carbocycles. The number of nitro benzene ring substituents is 1. The van der Waals surface area contributed by atoms with Gasteiger partial charge >= 0.3 is 0 Å². The van der Waals surface area contributed by atoms with E-state index in [1.807, 2.05) is 6.07 Å². The molecular formula is C19H12N4O4S. The minimum absolute atomic E-state index is 0.00688. The lowest BCUT2D eigenvalue weighted by molar-refractivity contribution is -0.384. The molecule has 138 valence electrons. The smallest absolute Gasteiger partial charge is 0.270 e. The van der Waals surface area contributed by atoms with Crippen LogP contribution in [0.1, 0.15) is 5.01 Å². The Morgan fingerprint density at radius 1 is 1.29 bits per heavy atom. The van der Waals surface area contributed by atoms with E-state index in [2.05, 4.69) is 16.4 Å². The number of fused-ring (bicyclic) bond motifs is 1. The molecule has 2 aromatic carbocycles. The number of aromatic nitrogens is 1.